The molecule has 4 rings (SSSR count). The van der Waals surface area contributed by atoms with Crippen molar-refractivity contribution in [2.75, 3.05) is 25.5 Å². The first-order valence-corrected chi connectivity index (χ1v) is 10.0. The third-order valence-electron chi connectivity index (χ3n) is 5.00. The number of hydrogen-bond acceptors (Lipinski definition) is 6. The molecule has 10 heteroatoms. The van der Waals surface area contributed by atoms with Crippen LogP contribution in [-0.2, 0) is 4.79 Å². The van der Waals surface area contributed by atoms with E-state index in [1.165, 1.54) is 19.5 Å². The maximum absolute atomic E-state index is 14.4. The number of carbonyl (C=O) groups excluding carboxylic acids is 1. The molecule has 1 N–H and O–H groups in total. The van der Waals surface area contributed by atoms with Gasteiger partial charge in [-0.3, -0.25) is 4.79 Å². The number of nitrogens with zero attached hydrogens (tertiary/aromatic N) is 3. The van der Waals surface area contributed by atoms with Gasteiger partial charge in [-0.1, -0.05) is 18.2 Å². The van der Waals surface area contributed by atoms with Crippen molar-refractivity contribution in [2.45, 2.75) is 13.0 Å². The molecule has 0 radical (unpaired) electrons. The van der Waals surface area contributed by atoms with Crippen LogP contribution < -0.4 is 14.8 Å². The molecule has 1 aromatic heterocycles. The van der Waals surface area contributed by atoms with Crippen molar-refractivity contribution in [3.05, 3.63) is 59.4 Å². The summed E-state index contributed by atoms with van der Waals surface area (Å²) in [5.41, 5.74) is 0.948. The Kier molecular flexibility index (Phi) is 5.84. The topological polar surface area (TPSA) is 76.6 Å². The van der Waals surface area contributed by atoms with Crippen LogP contribution in [0.1, 0.15) is 6.92 Å². The van der Waals surface area contributed by atoms with Gasteiger partial charge in [0.25, 0.3) is 0 Å². The molecule has 0 atom stereocenters. The lowest BCUT2D eigenvalue weighted by molar-refractivity contribution is -0.135. The predicted molar refractivity (Wildman–Crippen MR) is 117 cm³/mol. The van der Waals surface area contributed by atoms with Gasteiger partial charge in [-0.05, 0) is 25.1 Å². The second kappa shape index (κ2) is 8.58. The lowest BCUT2D eigenvalue weighted by Crippen LogP contribution is -2.56. The van der Waals surface area contributed by atoms with E-state index in [2.05, 4.69) is 21.9 Å². The van der Waals surface area contributed by atoms with E-state index in [-0.39, 0.29) is 23.5 Å². The van der Waals surface area contributed by atoms with Crippen molar-refractivity contribution in [1.29, 1.82) is 0 Å². The van der Waals surface area contributed by atoms with Crippen molar-refractivity contribution in [2.24, 2.45) is 0 Å². The molecule has 0 spiro atoms. The Morgan fingerprint density at radius 2 is 2.00 bits per heavy atom. The van der Waals surface area contributed by atoms with Gasteiger partial charge in [0.1, 0.15) is 29.1 Å². The summed E-state index contributed by atoms with van der Waals surface area (Å²) in [6.07, 6.45) is 1.08. The minimum absolute atomic E-state index is 0.0392. The zero-order valence-corrected chi connectivity index (χ0v) is 18.0. The average Bonchev–Trinajstić information content (AvgIpc) is 2.75. The lowest BCUT2D eigenvalue weighted by atomic mass is 10.1. The fourth-order valence-electron chi connectivity index (χ4n) is 3.29. The standard InChI is InChI=1S/C22H19ClF2N4O3/c1-11(2)22(30)29-8-12(9-29)32-18-6-13-16(7-17(18)31-3)26-10-27-21(13)28-15-5-4-14(24)19(23)20(15)25/h4-7,10,12H,1,8-9H2,2-3H3,(H,26,27,28). The summed E-state index contributed by atoms with van der Waals surface area (Å²) >= 11 is 5.67. The average molecular weight is 461 g/mol. The molecule has 7 nitrogen and oxygen atoms in total. The number of benzene rings is 2. The van der Waals surface area contributed by atoms with Crippen LogP contribution >= 0.6 is 11.6 Å². The Hall–Kier alpha value is -3.46. The van der Waals surface area contributed by atoms with Crippen LogP contribution in [0.2, 0.25) is 5.02 Å². The van der Waals surface area contributed by atoms with Crippen LogP contribution in [0.25, 0.3) is 10.9 Å². The number of halogens is 3. The number of methoxy groups -OCH3 is 1. The number of hydrogen-bond donors (Lipinski definition) is 1. The first-order chi connectivity index (χ1) is 15.3. The van der Waals surface area contributed by atoms with Crippen molar-refractivity contribution in [1.82, 2.24) is 14.9 Å². The molecule has 1 saturated heterocycles. The number of anilines is 2. The van der Waals surface area contributed by atoms with Gasteiger partial charge < -0.3 is 19.7 Å². The van der Waals surface area contributed by atoms with Gasteiger partial charge in [0.2, 0.25) is 5.91 Å². The molecule has 166 valence electrons. The quantitative estimate of drug-likeness (QED) is 0.432. The highest BCUT2D eigenvalue weighted by Gasteiger charge is 2.33. The largest absolute Gasteiger partial charge is 0.493 e. The van der Waals surface area contributed by atoms with Gasteiger partial charge in [0, 0.05) is 17.0 Å². The van der Waals surface area contributed by atoms with Crippen LogP contribution in [0.5, 0.6) is 11.5 Å². The number of carbonyl (C=O) groups is 1. The minimum Gasteiger partial charge on any atom is -0.493 e. The number of nitrogens with one attached hydrogen (secondary N) is 1. The summed E-state index contributed by atoms with van der Waals surface area (Å²) in [7, 11) is 1.50. The molecule has 32 heavy (non-hydrogen) atoms. The zero-order chi connectivity index (χ0) is 23.0. The Balaban J connectivity index is 1.63. The summed E-state index contributed by atoms with van der Waals surface area (Å²) in [5.74, 6) is -0.764. The number of ether oxygens (including phenoxy) is 2. The smallest absolute Gasteiger partial charge is 0.249 e. The highest BCUT2D eigenvalue weighted by atomic mass is 35.5. The van der Waals surface area contributed by atoms with Crippen molar-refractivity contribution in [3.8, 4) is 11.5 Å². The molecular weight excluding hydrogens is 442 g/mol. The molecule has 1 aliphatic heterocycles. The van der Waals surface area contributed by atoms with E-state index in [1.807, 2.05) is 0 Å². The zero-order valence-electron chi connectivity index (χ0n) is 17.3. The number of likely N-dealkylation sites (tertiary alicyclic amines) is 1. The third kappa shape index (κ3) is 4.03. The number of fused-ring (bicyclic) bond motifs is 1. The van der Waals surface area contributed by atoms with Gasteiger partial charge in [0.15, 0.2) is 17.3 Å². The number of amides is 1. The Bertz CT molecular complexity index is 1230. The summed E-state index contributed by atoms with van der Waals surface area (Å²) in [4.78, 5) is 22.0. The van der Waals surface area contributed by atoms with Crippen molar-refractivity contribution >= 4 is 39.9 Å². The van der Waals surface area contributed by atoms with Crippen LogP contribution in [0.4, 0.5) is 20.3 Å². The fraction of sp³-hybridized carbons (Fsp3) is 0.227. The molecule has 0 bridgehead atoms. The summed E-state index contributed by atoms with van der Waals surface area (Å²) in [6, 6.07) is 5.63. The molecule has 1 fully saturated rings. The van der Waals surface area contributed by atoms with Crippen LogP contribution in [0.15, 0.2) is 42.7 Å². The van der Waals surface area contributed by atoms with E-state index < -0.39 is 16.7 Å². The van der Waals surface area contributed by atoms with Gasteiger partial charge in [-0.15, -0.1) is 0 Å². The maximum atomic E-state index is 14.4. The normalized spacial score (nSPS) is 13.6. The van der Waals surface area contributed by atoms with Crippen LogP contribution in [0, 0.1) is 11.6 Å². The number of rotatable bonds is 6. The first-order valence-electron chi connectivity index (χ1n) is 9.63. The fourth-order valence-corrected chi connectivity index (χ4v) is 3.46. The molecule has 2 heterocycles. The summed E-state index contributed by atoms with van der Waals surface area (Å²) < 4.78 is 39.3. The Morgan fingerprint density at radius 3 is 2.69 bits per heavy atom. The molecule has 0 unspecified atom stereocenters. The van der Waals surface area contributed by atoms with Crippen LogP contribution in [-0.4, -0.2) is 47.1 Å². The molecule has 0 saturated carbocycles. The van der Waals surface area contributed by atoms with E-state index in [9.17, 15) is 13.6 Å². The van der Waals surface area contributed by atoms with Gasteiger partial charge in [-0.2, -0.15) is 0 Å². The monoisotopic (exact) mass is 460 g/mol. The maximum Gasteiger partial charge on any atom is 0.249 e. The first kappa shape index (κ1) is 21.8. The predicted octanol–water partition coefficient (Wildman–Crippen LogP) is 4.48. The molecule has 0 aliphatic carbocycles. The minimum atomic E-state index is -0.930. The lowest BCUT2D eigenvalue weighted by Gasteiger charge is -2.39. The third-order valence-corrected chi connectivity index (χ3v) is 5.35. The molecule has 3 aromatic rings. The van der Waals surface area contributed by atoms with Gasteiger partial charge >= 0.3 is 0 Å². The number of aromatic nitrogens is 2. The second-order valence-electron chi connectivity index (χ2n) is 7.32. The van der Waals surface area contributed by atoms with E-state index in [4.69, 9.17) is 21.1 Å². The molecule has 1 amide bonds. The van der Waals surface area contributed by atoms with Crippen molar-refractivity contribution in [3.63, 3.8) is 0 Å². The van der Waals surface area contributed by atoms with Crippen molar-refractivity contribution < 1.29 is 23.0 Å². The van der Waals surface area contributed by atoms with E-state index >= 15 is 0 Å². The molecular formula is C22H19ClF2N4O3. The highest BCUT2D eigenvalue weighted by Crippen LogP contribution is 2.37. The summed E-state index contributed by atoms with van der Waals surface area (Å²) in [6.45, 7) is 6.16. The summed E-state index contributed by atoms with van der Waals surface area (Å²) in [5, 5.41) is 2.74. The van der Waals surface area contributed by atoms with Gasteiger partial charge in [-0.25, -0.2) is 18.7 Å². The van der Waals surface area contributed by atoms with E-state index in [0.717, 1.165) is 6.07 Å². The second-order valence-corrected chi connectivity index (χ2v) is 7.70. The van der Waals surface area contributed by atoms with E-state index in [0.29, 0.717) is 41.1 Å². The van der Waals surface area contributed by atoms with Crippen LogP contribution in [0.3, 0.4) is 0 Å². The van der Waals surface area contributed by atoms with Gasteiger partial charge in [0.05, 0.1) is 31.4 Å². The molecule has 2 aromatic carbocycles. The SMILES string of the molecule is C=C(C)C(=O)N1CC(Oc2cc3c(Nc4ccc(F)c(Cl)c4F)ncnc3cc2OC)C1. The molecule has 1 aliphatic rings. The van der Waals surface area contributed by atoms with E-state index in [1.54, 1.807) is 24.0 Å². The highest BCUT2D eigenvalue weighted by molar-refractivity contribution is 6.31. The Morgan fingerprint density at radius 1 is 1.25 bits per heavy atom. The Labute approximate surface area is 187 Å².